The number of nitrogens with one attached hydrogen (secondary N) is 1. The first-order valence-electron chi connectivity index (χ1n) is 5.87. The van der Waals surface area contributed by atoms with Crippen LogP contribution in [0.5, 0.6) is 5.75 Å². The van der Waals surface area contributed by atoms with Crippen LogP contribution in [-0.4, -0.2) is 18.2 Å². The van der Waals surface area contributed by atoms with Crippen molar-refractivity contribution in [2.45, 2.75) is 12.3 Å². The smallest absolute Gasteiger partial charge is 0.119 e. The fraction of sp³-hybridized carbons (Fsp3) is 0.286. The Kier molecular flexibility index (Phi) is 2.69. The molecule has 1 atom stereocenters. The first kappa shape index (κ1) is 10.9. The average molecular weight is 248 g/mol. The molecule has 1 unspecified atom stereocenters. The van der Waals surface area contributed by atoms with E-state index in [9.17, 15) is 5.11 Å². The van der Waals surface area contributed by atoms with Gasteiger partial charge in [0.15, 0.2) is 0 Å². The Bertz CT molecular complexity index is 561. The van der Waals surface area contributed by atoms with Crippen LogP contribution in [0, 0.1) is 0 Å². The van der Waals surface area contributed by atoms with E-state index in [-0.39, 0.29) is 0 Å². The molecule has 0 aromatic heterocycles. The summed E-state index contributed by atoms with van der Waals surface area (Å²) in [7, 11) is 0. The average Bonchev–Trinajstić information content (AvgIpc) is 2.82. The fourth-order valence-corrected chi connectivity index (χ4v) is 2.82. The molecule has 2 aromatic carbocycles. The number of hydrogen-bond acceptors (Lipinski definition) is 2. The van der Waals surface area contributed by atoms with E-state index in [2.05, 4.69) is 5.32 Å². The van der Waals surface area contributed by atoms with Gasteiger partial charge in [0.05, 0.1) is 0 Å². The molecule has 2 nitrogen and oxygen atoms in total. The summed E-state index contributed by atoms with van der Waals surface area (Å²) >= 11 is 6.00. The van der Waals surface area contributed by atoms with Crippen molar-refractivity contribution >= 4 is 22.4 Å². The highest BCUT2D eigenvalue weighted by Crippen LogP contribution is 2.36. The molecular weight excluding hydrogens is 234 g/mol. The molecule has 0 amide bonds. The van der Waals surface area contributed by atoms with Gasteiger partial charge in [0, 0.05) is 23.0 Å². The Hall–Kier alpha value is -1.25. The minimum Gasteiger partial charge on any atom is -0.508 e. The van der Waals surface area contributed by atoms with Crippen LogP contribution in [0.2, 0.25) is 5.02 Å². The van der Waals surface area contributed by atoms with E-state index in [1.54, 1.807) is 6.07 Å². The van der Waals surface area contributed by atoms with Crippen molar-refractivity contribution in [2.24, 2.45) is 0 Å². The largest absolute Gasteiger partial charge is 0.508 e. The molecule has 3 heteroatoms. The third-order valence-corrected chi connectivity index (χ3v) is 3.70. The molecule has 0 radical (unpaired) electrons. The lowest BCUT2D eigenvalue weighted by atomic mass is 9.92. The SMILES string of the molecule is Oc1ccc2cc(Cl)ccc2c1C1CCNC1. The van der Waals surface area contributed by atoms with Crippen molar-refractivity contribution in [2.75, 3.05) is 13.1 Å². The first-order chi connectivity index (χ1) is 8.25. The maximum absolute atomic E-state index is 10.1. The molecule has 1 heterocycles. The van der Waals surface area contributed by atoms with Crippen LogP contribution in [0.4, 0.5) is 0 Å². The van der Waals surface area contributed by atoms with Crippen molar-refractivity contribution < 1.29 is 5.11 Å². The number of halogens is 1. The Morgan fingerprint density at radius 1 is 1.24 bits per heavy atom. The van der Waals surface area contributed by atoms with Crippen molar-refractivity contribution in [3.8, 4) is 5.75 Å². The lowest BCUT2D eigenvalue weighted by Crippen LogP contribution is -2.08. The minimum absolute atomic E-state index is 0.397. The number of phenols is 1. The molecule has 0 saturated carbocycles. The normalized spacial score (nSPS) is 19.9. The van der Waals surface area contributed by atoms with E-state index in [0.717, 1.165) is 40.9 Å². The van der Waals surface area contributed by atoms with Crippen molar-refractivity contribution in [3.63, 3.8) is 0 Å². The van der Waals surface area contributed by atoms with E-state index in [0.29, 0.717) is 11.7 Å². The highest BCUT2D eigenvalue weighted by Gasteiger charge is 2.21. The highest BCUT2D eigenvalue weighted by atomic mass is 35.5. The monoisotopic (exact) mass is 247 g/mol. The topological polar surface area (TPSA) is 32.3 Å². The zero-order valence-electron chi connectivity index (χ0n) is 9.41. The molecule has 0 bridgehead atoms. The molecule has 1 aliphatic rings. The highest BCUT2D eigenvalue weighted by molar-refractivity contribution is 6.31. The van der Waals surface area contributed by atoms with Gasteiger partial charge in [-0.2, -0.15) is 0 Å². The molecule has 2 aromatic rings. The van der Waals surface area contributed by atoms with Gasteiger partial charge < -0.3 is 10.4 Å². The quantitative estimate of drug-likeness (QED) is 0.811. The predicted octanol–water partition coefficient (Wildman–Crippen LogP) is 3.28. The van der Waals surface area contributed by atoms with Crippen LogP contribution in [-0.2, 0) is 0 Å². The lowest BCUT2D eigenvalue weighted by molar-refractivity contribution is 0.464. The van der Waals surface area contributed by atoms with Crippen LogP contribution in [0.1, 0.15) is 17.9 Å². The standard InChI is InChI=1S/C14H14ClNO/c15-11-2-3-12-9(7-11)1-4-13(17)14(12)10-5-6-16-8-10/h1-4,7,10,16-17H,5-6,8H2. The van der Waals surface area contributed by atoms with Crippen LogP contribution < -0.4 is 5.32 Å². The summed E-state index contributed by atoms with van der Waals surface area (Å²) < 4.78 is 0. The molecule has 0 aliphatic carbocycles. The van der Waals surface area contributed by atoms with E-state index in [1.807, 2.05) is 24.3 Å². The van der Waals surface area contributed by atoms with Crippen molar-refractivity contribution in [1.29, 1.82) is 0 Å². The lowest BCUT2D eigenvalue weighted by Gasteiger charge is -2.14. The summed E-state index contributed by atoms with van der Waals surface area (Å²) in [5, 5.41) is 16.4. The maximum atomic E-state index is 10.1. The molecule has 3 rings (SSSR count). The molecule has 1 aliphatic heterocycles. The van der Waals surface area contributed by atoms with Gasteiger partial charge in [0.25, 0.3) is 0 Å². The van der Waals surface area contributed by atoms with Crippen LogP contribution in [0.25, 0.3) is 10.8 Å². The summed E-state index contributed by atoms with van der Waals surface area (Å²) in [4.78, 5) is 0. The van der Waals surface area contributed by atoms with Gasteiger partial charge in [-0.3, -0.25) is 0 Å². The Labute approximate surface area is 105 Å². The van der Waals surface area contributed by atoms with E-state index in [1.165, 1.54) is 0 Å². The van der Waals surface area contributed by atoms with E-state index in [4.69, 9.17) is 11.6 Å². The van der Waals surface area contributed by atoms with Gasteiger partial charge in [0.1, 0.15) is 5.75 Å². The molecule has 1 fully saturated rings. The number of aromatic hydroxyl groups is 1. The zero-order valence-corrected chi connectivity index (χ0v) is 10.2. The number of fused-ring (bicyclic) bond motifs is 1. The molecular formula is C14H14ClNO. The Balaban J connectivity index is 2.23. The van der Waals surface area contributed by atoms with E-state index < -0.39 is 0 Å². The van der Waals surface area contributed by atoms with Gasteiger partial charge in [-0.1, -0.05) is 23.7 Å². The summed E-state index contributed by atoms with van der Waals surface area (Å²) in [5.41, 5.74) is 1.06. The van der Waals surface area contributed by atoms with Gasteiger partial charge >= 0.3 is 0 Å². The zero-order chi connectivity index (χ0) is 11.8. The third kappa shape index (κ3) is 1.88. The summed E-state index contributed by atoms with van der Waals surface area (Å²) in [6.07, 6.45) is 1.08. The van der Waals surface area contributed by atoms with Crippen LogP contribution >= 0.6 is 11.6 Å². The summed E-state index contributed by atoms with van der Waals surface area (Å²) in [6, 6.07) is 9.52. The van der Waals surface area contributed by atoms with Gasteiger partial charge in [0.2, 0.25) is 0 Å². The maximum Gasteiger partial charge on any atom is 0.119 e. The number of hydrogen-bond donors (Lipinski definition) is 2. The Morgan fingerprint density at radius 3 is 2.88 bits per heavy atom. The fourth-order valence-electron chi connectivity index (χ4n) is 2.64. The first-order valence-corrected chi connectivity index (χ1v) is 6.25. The second-order valence-electron chi connectivity index (χ2n) is 4.55. The van der Waals surface area contributed by atoms with Gasteiger partial charge in [-0.25, -0.2) is 0 Å². The molecule has 17 heavy (non-hydrogen) atoms. The minimum atomic E-state index is 0.397. The van der Waals surface area contributed by atoms with Gasteiger partial charge in [-0.15, -0.1) is 0 Å². The molecule has 1 saturated heterocycles. The number of benzene rings is 2. The Morgan fingerprint density at radius 2 is 2.12 bits per heavy atom. The van der Waals surface area contributed by atoms with Gasteiger partial charge in [-0.05, 0) is 41.9 Å². The van der Waals surface area contributed by atoms with Crippen LogP contribution in [0.15, 0.2) is 30.3 Å². The van der Waals surface area contributed by atoms with Crippen molar-refractivity contribution in [3.05, 3.63) is 40.9 Å². The molecule has 2 N–H and O–H groups in total. The summed E-state index contributed by atoms with van der Waals surface area (Å²) in [5.74, 6) is 0.799. The number of rotatable bonds is 1. The van der Waals surface area contributed by atoms with Crippen LogP contribution in [0.3, 0.4) is 0 Å². The predicted molar refractivity (Wildman–Crippen MR) is 70.9 cm³/mol. The molecule has 88 valence electrons. The number of phenolic OH excluding ortho intramolecular Hbond substituents is 1. The second kappa shape index (κ2) is 4.21. The molecule has 0 spiro atoms. The van der Waals surface area contributed by atoms with E-state index >= 15 is 0 Å². The van der Waals surface area contributed by atoms with Crippen molar-refractivity contribution in [1.82, 2.24) is 5.32 Å². The second-order valence-corrected chi connectivity index (χ2v) is 4.99. The third-order valence-electron chi connectivity index (χ3n) is 3.47. The summed E-state index contributed by atoms with van der Waals surface area (Å²) in [6.45, 7) is 1.96.